The highest BCUT2D eigenvalue weighted by Crippen LogP contribution is 2.24. The number of nitro benzene ring substituents is 1. The van der Waals surface area contributed by atoms with Crippen LogP contribution >= 0.6 is 11.6 Å². The Morgan fingerprint density at radius 1 is 1.53 bits per heavy atom. The first-order valence-electron chi connectivity index (χ1n) is 5.81. The van der Waals surface area contributed by atoms with E-state index in [9.17, 15) is 14.9 Å². The van der Waals surface area contributed by atoms with Crippen LogP contribution in [0.1, 0.15) is 18.9 Å². The largest absolute Gasteiger partial charge is 0.481 e. The first-order valence-corrected chi connectivity index (χ1v) is 6.18. The van der Waals surface area contributed by atoms with Crippen molar-refractivity contribution in [1.82, 2.24) is 4.90 Å². The molecular formula is C12H15ClN2O4. The first kappa shape index (κ1) is 15.4. The van der Waals surface area contributed by atoms with E-state index in [-0.39, 0.29) is 12.1 Å². The number of nitrogens with zero attached hydrogens (tertiary/aromatic N) is 2. The van der Waals surface area contributed by atoms with Gasteiger partial charge >= 0.3 is 5.97 Å². The molecule has 19 heavy (non-hydrogen) atoms. The monoisotopic (exact) mass is 286 g/mol. The van der Waals surface area contributed by atoms with Gasteiger partial charge < -0.3 is 5.11 Å². The van der Waals surface area contributed by atoms with Crippen molar-refractivity contribution in [3.8, 4) is 0 Å². The van der Waals surface area contributed by atoms with Crippen LogP contribution in [0.25, 0.3) is 0 Å². The molecule has 0 aliphatic carbocycles. The van der Waals surface area contributed by atoms with E-state index in [1.54, 1.807) is 12.1 Å². The number of rotatable bonds is 7. The number of carboxylic acids is 1. The minimum atomic E-state index is -0.885. The van der Waals surface area contributed by atoms with Crippen LogP contribution in [0.3, 0.4) is 0 Å². The second kappa shape index (κ2) is 7.06. The third kappa shape index (κ3) is 4.84. The summed E-state index contributed by atoms with van der Waals surface area (Å²) in [5, 5.41) is 19.9. The van der Waals surface area contributed by atoms with Crippen LogP contribution in [-0.4, -0.2) is 34.0 Å². The van der Waals surface area contributed by atoms with E-state index in [0.717, 1.165) is 0 Å². The third-order valence-electron chi connectivity index (χ3n) is 2.73. The molecule has 1 aromatic rings. The van der Waals surface area contributed by atoms with E-state index in [1.165, 1.54) is 6.07 Å². The number of carbonyl (C=O) groups is 1. The van der Waals surface area contributed by atoms with Gasteiger partial charge in [0.25, 0.3) is 5.69 Å². The first-order chi connectivity index (χ1) is 8.93. The Hall–Kier alpha value is -1.66. The summed E-state index contributed by atoms with van der Waals surface area (Å²) >= 11 is 5.74. The van der Waals surface area contributed by atoms with Crippen LogP contribution < -0.4 is 0 Å². The maximum absolute atomic E-state index is 10.9. The standard InChI is InChI=1S/C12H15ClN2O4/c1-2-14(6-5-12(16)17)8-9-3-4-10(13)7-11(9)15(18)19/h3-4,7H,2,5-6,8H2,1H3,(H,16,17). The van der Waals surface area contributed by atoms with E-state index in [0.29, 0.717) is 30.2 Å². The second-order valence-corrected chi connectivity index (χ2v) is 4.48. The fourth-order valence-corrected chi connectivity index (χ4v) is 1.85. The van der Waals surface area contributed by atoms with Crippen molar-refractivity contribution >= 4 is 23.3 Å². The Labute approximate surface area is 115 Å². The molecule has 1 aromatic carbocycles. The van der Waals surface area contributed by atoms with Gasteiger partial charge in [-0.15, -0.1) is 0 Å². The predicted octanol–water partition coefficient (Wildman–Crippen LogP) is 2.54. The maximum Gasteiger partial charge on any atom is 0.304 e. The van der Waals surface area contributed by atoms with Crippen LogP contribution in [-0.2, 0) is 11.3 Å². The van der Waals surface area contributed by atoms with Gasteiger partial charge in [0.1, 0.15) is 0 Å². The van der Waals surface area contributed by atoms with E-state index in [4.69, 9.17) is 16.7 Å². The van der Waals surface area contributed by atoms with Crippen LogP contribution in [0.4, 0.5) is 5.69 Å². The Balaban J connectivity index is 2.84. The van der Waals surface area contributed by atoms with Gasteiger partial charge in [-0.1, -0.05) is 18.5 Å². The molecule has 0 spiro atoms. The summed E-state index contributed by atoms with van der Waals surface area (Å²) < 4.78 is 0. The molecule has 104 valence electrons. The van der Waals surface area contributed by atoms with E-state index >= 15 is 0 Å². The van der Waals surface area contributed by atoms with Crippen molar-refractivity contribution in [2.45, 2.75) is 19.9 Å². The average Bonchev–Trinajstić information content (AvgIpc) is 2.35. The van der Waals surface area contributed by atoms with Crippen molar-refractivity contribution in [2.24, 2.45) is 0 Å². The minimum absolute atomic E-state index is 0.00915. The summed E-state index contributed by atoms with van der Waals surface area (Å²) in [5.74, 6) is -0.885. The Kier molecular flexibility index (Phi) is 5.72. The number of halogens is 1. The molecule has 0 atom stereocenters. The van der Waals surface area contributed by atoms with Crippen LogP contribution in [0.5, 0.6) is 0 Å². The summed E-state index contributed by atoms with van der Waals surface area (Å²) in [6.45, 7) is 3.18. The molecule has 0 aliphatic rings. The highest BCUT2D eigenvalue weighted by Gasteiger charge is 2.16. The van der Waals surface area contributed by atoms with E-state index in [2.05, 4.69) is 0 Å². The molecule has 0 unspecified atom stereocenters. The van der Waals surface area contributed by atoms with E-state index < -0.39 is 10.9 Å². The number of aliphatic carboxylic acids is 1. The summed E-state index contributed by atoms with van der Waals surface area (Å²) in [7, 11) is 0. The summed E-state index contributed by atoms with van der Waals surface area (Å²) in [6.07, 6.45) is 0.00915. The number of hydrogen-bond donors (Lipinski definition) is 1. The molecule has 0 saturated heterocycles. The molecule has 0 fully saturated rings. The van der Waals surface area contributed by atoms with Gasteiger partial charge in [0, 0.05) is 29.7 Å². The molecule has 1 rings (SSSR count). The molecule has 0 heterocycles. The SMILES string of the molecule is CCN(CCC(=O)O)Cc1ccc(Cl)cc1[N+](=O)[O-]. The molecule has 0 amide bonds. The average molecular weight is 287 g/mol. The second-order valence-electron chi connectivity index (χ2n) is 4.04. The molecule has 0 aromatic heterocycles. The zero-order chi connectivity index (χ0) is 14.4. The van der Waals surface area contributed by atoms with Gasteiger partial charge in [-0.05, 0) is 18.7 Å². The molecule has 0 radical (unpaired) electrons. The van der Waals surface area contributed by atoms with Crippen molar-refractivity contribution in [1.29, 1.82) is 0 Å². The van der Waals surface area contributed by atoms with Gasteiger partial charge in [0.05, 0.1) is 11.3 Å². The normalized spacial score (nSPS) is 10.7. The predicted molar refractivity (Wildman–Crippen MR) is 71.3 cm³/mol. The Bertz CT molecular complexity index is 479. The summed E-state index contributed by atoms with van der Waals surface area (Å²) in [6, 6.07) is 4.50. The Morgan fingerprint density at radius 3 is 2.74 bits per heavy atom. The smallest absolute Gasteiger partial charge is 0.304 e. The highest BCUT2D eigenvalue weighted by molar-refractivity contribution is 6.30. The highest BCUT2D eigenvalue weighted by atomic mass is 35.5. The lowest BCUT2D eigenvalue weighted by atomic mass is 10.1. The fraction of sp³-hybridized carbons (Fsp3) is 0.417. The Morgan fingerprint density at radius 2 is 2.21 bits per heavy atom. The summed E-state index contributed by atoms with van der Waals surface area (Å²) in [5.41, 5.74) is 0.489. The van der Waals surface area contributed by atoms with Gasteiger partial charge in [-0.2, -0.15) is 0 Å². The molecular weight excluding hydrogens is 272 g/mol. The molecule has 1 N–H and O–H groups in total. The van der Waals surface area contributed by atoms with E-state index in [1.807, 2.05) is 11.8 Å². The molecule has 6 nitrogen and oxygen atoms in total. The van der Waals surface area contributed by atoms with Crippen molar-refractivity contribution in [3.05, 3.63) is 38.9 Å². The lowest BCUT2D eigenvalue weighted by Gasteiger charge is -2.19. The minimum Gasteiger partial charge on any atom is -0.481 e. The van der Waals surface area contributed by atoms with Crippen LogP contribution in [0, 0.1) is 10.1 Å². The molecule has 0 saturated carbocycles. The number of carboxylic acid groups (broad SMARTS) is 1. The fourth-order valence-electron chi connectivity index (χ4n) is 1.68. The van der Waals surface area contributed by atoms with Gasteiger partial charge in [0.15, 0.2) is 0 Å². The van der Waals surface area contributed by atoms with Crippen LogP contribution in [0.15, 0.2) is 18.2 Å². The lowest BCUT2D eigenvalue weighted by molar-refractivity contribution is -0.385. The van der Waals surface area contributed by atoms with Crippen molar-refractivity contribution < 1.29 is 14.8 Å². The maximum atomic E-state index is 10.9. The van der Waals surface area contributed by atoms with Crippen LogP contribution in [0.2, 0.25) is 5.02 Å². The zero-order valence-corrected chi connectivity index (χ0v) is 11.3. The number of hydrogen-bond acceptors (Lipinski definition) is 4. The number of benzene rings is 1. The molecule has 0 aliphatic heterocycles. The quantitative estimate of drug-likeness (QED) is 0.615. The van der Waals surface area contributed by atoms with Crippen molar-refractivity contribution in [2.75, 3.05) is 13.1 Å². The lowest BCUT2D eigenvalue weighted by Crippen LogP contribution is -2.26. The third-order valence-corrected chi connectivity index (χ3v) is 2.96. The van der Waals surface area contributed by atoms with Gasteiger partial charge in [-0.3, -0.25) is 19.8 Å². The topological polar surface area (TPSA) is 83.7 Å². The number of nitro groups is 1. The zero-order valence-electron chi connectivity index (χ0n) is 10.5. The van der Waals surface area contributed by atoms with Gasteiger partial charge in [-0.25, -0.2) is 0 Å². The van der Waals surface area contributed by atoms with Crippen molar-refractivity contribution in [3.63, 3.8) is 0 Å². The summed E-state index contributed by atoms with van der Waals surface area (Å²) in [4.78, 5) is 22.8. The molecule has 0 bridgehead atoms. The van der Waals surface area contributed by atoms with Gasteiger partial charge in [0.2, 0.25) is 0 Å². The molecule has 7 heteroatoms.